The molecule has 3 rings (SSSR count). The van der Waals surface area contributed by atoms with Gasteiger partial charge in [-0.2, -0.15) is 4.31 Å². The Morgan fingerprint density at radius 2 is 1.73 bits per heavy atom. The SMILES string of the molecule is COc1ccccc1[C@@H](C)NC(=O)NCc1ccc(S(=O)(=O)N2CCCCC2)cc1. The van der Waals surface area contributed by atoms with Crippen LogP contribution in [0.2, 0.25) is 0 Å². The third-order valence-electron chi connectivity index (χ3n) is 5.28. The molecule has 0 radical (unpaired) electrons. The number of hydrogen-bond acceptors (Lipinski definition) is 4. The summed E-state index contributed by atoms with van der Waals surface area (Å²) in [6.45, 7) is 3.35. The number of ether oxygens (including phenoxy) is 1. The number of urea groups is 1. The molecule has 0 spiro atoms. The molecule has 2 aromatic carbocycles. The van der Waals surface area contributed by atoms with E-state index in [0.29, 0.717) is 24.5 Å². The molecule has 1 aliphatic heterocycles. The van der Waals surface area contributed by atoms with E-state index in [-0.39, 0.29) is 12.1 Å². The van der Waals surface area contributed by atoms with Crippen LogP contribution >= 0.6 is 0 Å². The van der Waals surface area contributed by atoms with E-state index in [0.717, 1.165) is 36.1 Å². The summed E-state index contributed by atoms with van der Waals surface area (Å²) in [6, 6.07) is 13.7. The third kappa shape index (κ3) is 5.31. The molecule has 1 saturated heterocycles. The van der Waals surface area contributed by atoms with Gasteiger partial charge in [-0.25, -0.2) is 13.2 Å². The van der Waals surface area contributed by atoms with Gasteiger partial charge >= 0.3 is 6.03 Å². The number of methoxy groups -OCH3 is 1. The maximum absolute atomic E-state index is 12.7. The van der Waals surface area contributed by atoms with Gasteiger partial charge in [0.2, 0.25) is 10.0 Å². The van der Waals surface area contributed by atoms with Crippen LogP contribution in [0.15, 0.2) is 53.4 Å². The first kappa shape index (κ1) is 22.1. The van der Waals surface area contributed by atoms with Gasteiger partial charge in [0.05, 0.1) is 18.0 Å². The van der Waals surface area contributed by atoms with E-state index in [1.165, 1.54) is 0 Å². The molecule has 2 aromatic rings. The van der Waals surface area contributed by atoms with Gasteiger partial charge < -0.3 is 15.4 Å². The zero-order chi connectivity index (χ0) is 21.6. The predicted molar refractivity (Wildman–Crippen MR) is 116 cm³/mol. The van der Waals surface area contributed by atoms with Crippen molar-refractivity contribution < 1.29 is 17.9 Å². The van der Waals surface area contributed by atoms with Crippen LogP contribution in [-0.4, -0.2) is 39.0 Å². The van der Waals surface area contributed by atoms with Gasteiger partial charge in [-0.3, -0.25) is 0 Å². The highest BCUT2D eigenvalue weighted by molar-refractivity contribution is 7.89. The first-order chi connectivity index (χ1) is 14.4. The smallest absolute Gasteiger partial charge is 0.315 e. The molecule has 2 amide bonds. The first-order valence-corrected chi connectivity index (χ1v) is 11.6. The summed E-state index contributed by atoms with van der Waals surface area (Å²) in [5.41, 5.74) is 1.72. The quantitative estimate of drug-likeness (QED) is 0.703. The monoisotopic (exact) mass is 431 g/mol. The number of nitrogens with zero attached hydrogens (tertiary/aromatic N) is 1. The van der Waals surface area contributed by atoms with Crippen molar-refractivity contribution in [2.24, 2.45) is 0 Å². The Hall–Kier alpha value is -2.58. The summed E-state index contributed by atoms with van der Waals surface area (Å²) < 4.78 is 32.3. The lowest BCUT2D eigenvalue weighted by Crippen LogP contribution is -2.36. The molecule has 8 heteroatoms. The standard InChI is InChI=1S/C22H29N3O4S/c1-17(20-8-4-5-9-21(20)29-2)24-22(26)23-16-18-10-12-19(13-11-18)30(27,28)25-14-6-3-7-15-25/h4-5,8-13,17H,3,6-7,14-16H2,1-2H3,(H2,23,24,26)/t17-/m1/s1. The topological polar surface area (TPSA) is 87.7 Å². The summed E-state index contributed by atoms with van der Waals surface area (Å²) in [6.07, 6.45) is 2.89. The van der Waals surface area contributed by atoms with Gasteiger partial charge in [-0.1, -0.05) is 36.8 Å². The molecule has 30 heavy (non-hydrogen) atoms. The number of amides is 2. The molecule has 1 fully saturated rings. The number of para-hydroxylation sites is 1. The largest absolute Gasteiger partial charge is 0.496 e. The van der Waals surface area contributed by atoms with E-state index < -0.39 is 10.0 Å². The predicted octanol–water partition coefficient (Wildman–Crippen LogP) is 3.43. The van der Waals surface area contributed by atoms with Crippen LogP contribution in [0, 0.1) is 0 Å². The Balaban J connectivity index is 1.55. The molecule has 7 nitrogen and oxygen atoms in total. The summed E-state index contributed by atoms with van der Waals surface area (Å²) in [5, 5.41) is 5.70. The number of carbonyl (C=O) groups is 1. The first-order valence-electron chi connectivity index (χ1n) is 10.2. The van der Waals surface area contributed by atoms with Crippen molar-refractivity contribution in [3.8, 4) is 5.75 Å². The maximum Gasteiger partial charge on any atom is 0.315 e. The molecule has 0 unspecified atom stereocenters. The van der Waals surface area contributed by atoms with Crippen LogP contribution in [0.25, 0.3) is 0 Å². The molecule has 0 aromatic heterocycles. The number of nitrogens with one attached hydrogen (secondary N) is 2. The molecule has 162 valence electrons. The highest BCUT2D eigenvalue weighted by Crippen LogP contribution is 2.24. The number of sulfonamides is 1. The van der Waals surface area contributed by atoms with Crippen molar-refractivity contribution in [2.75, 3.05) is 20.2 Å². The van der Waals surface area contributed by atoms with Crippen LogP contribution in [0.5, 0.6) is 5.75 Å². The Bertz CT molecular complexity index is 955. The Morgan fingerprint density at radius 1 is 1.07 bits per heavy atom. The van der Waals surface area contributed by atoms with E-state index in [1.54, 1.807) is 35.7 Å². The summed E-state index contributed by atoms with van der Waals surface area (Å²) >= 11 is 0. The minimum absolute atomic E-state index is 0.224. The van der Waals surface area contributed by atoms with Gasteiger partial charge in [0.25, 0.3) is 0 Å². The number of piperidine rings is 1. The molecule has 0 saturated carbocycles. The Labute approximate surface area is 178 Å². The second-order valence-corrected chi connectivity index (χ2v) is 9.34. The van der Waals surface area contributed by atoms with Crippen molar-refractivity contribution in [3.63, 3.8) is 0 Å². The van der Waals surface area contributed by atoms with Gasteiger partial charge in [-0.05, 0) is 43.5 Å². The van der Waals surface area contributed by atoms with Gasteiger partial charge in [0.1, 0.15) is 5.75 Å². The zero-order valence-corrected chi connectivity index (χ0v) is 18.2. The minimum atomic E-state index is -3.44. The van der Waals surface area contributed by atoms with E-state index in [2.05, 4.69) is 10.6 Å². The lowest BCUT2D eigenvalue weighted by molar-refractivity contribution is 0.237. The normalized spacial score (nSPS) is 15.9. The third-order valence-corrected chi connectivity index (χ3v) is 7.20. The maximum atomic E-state index is 12.7. The van der Waals surface area contributed by atoms with E-state index in [1.807, 2.05) is 31.2 Å². The lowest BCUT2D eigenvalue weighted by Gasteiger charge is -2.25. The van der Waals surface area contributed by atoms with Crippen molar-refractivity contribution in [1.82, 2.24) is 14.9 Å². The summed E-state index contributed by atoms with van der Waals surface area (Å²) in [5.74, 6) is 0.718. The second-order valence-electron chi connectivity index (χ2n) is 7.40. The molecule has 1 atom stereocenters. The fourth-order valence-corrected chi connectivity index (χ4v) is 5.08. The average molecular weight is 432 g/mol. The molecular formula is C22H29N3O4S. The van der Waals surface area contributed by atoms with Gasteiger partial charge in [-0.15, -0.1) is 0 Å². The summed E-state index contributed by atoms with van der Waals surface area (Å²) in [4.78, 5) is 12.6. The highest BCUT2D eigenvalue weighted by Gasteiger charge is 2.25. The zero-order valence-electron chi connectivity index (χ0n) is 17.4. The Morgan fingerprint density at radius 3 is 2.40 bits per heavy atom. The van der Waals surface area contributed by atoms with E-state index in [4.69, 9.17) is 4.74 Å². The number of rotatable bonds is 7. The van der Waals surface area contributed by atoms with Crippen molar-refractivity contribution in [2.45, 2.75) is 43.7 Å². The minimum Gasteiger partial charge on any atom is -0.496 e. The molecule has 1 heterocycles. The van der Waals surface area contributed by atoms with Crippen LogP contribution in [0.1, 0.15) is 43.4 Å². The van der Waals surface area contributed by atoms with Gasteiger partial charge in [0, 0.05) is 25.2 Å². The molecule has 0 aliphatic carbocycles. The van der Waals surface area contributed by atoms with Crippen molar-refractivity contribution >= 4 is 16.1 Å². The van der Waals surface area contributed by atoms with Crippen LogP contribution in [0.3, 0.4) is 0 Å². The van der Waals surface area contributed by atoms with E-state index in [9.17, 15) is 13.2 Å². The summed E-state index contributed by atoms with van der Waals surface area (Å²) in [7, 11) is -1.84. The highest BCUT2D eigenvalue weighted by atomic mass is 32.2. The lowest BCUT2D eigenvalue weighted by atomic mass is 10.1. The van der Waals surface area contributed by atoms with Crippen molar-refractivity contribution in [3.05, 3.63) is 59.7 Å². The molecule has 1 aliphatic rings. The number of benzene rings is 2. The van der Waals surface area contributed by atoms with Gasteiger partial charge in [0.15, 0.2) is 0 Å². The van der Waals surface area contributed by atoms with E-state index >= 15 is 0 Å². The molecule has 0 bridgehead atoms. The average Bonchev–Trinajstić information content (AvgIpc) is 2.78. The number of hydrogen-bond donors (Lipinski definition) is 2. The fourth-order valence-electron chi connectivity index (χ4n) is 3.57. The number of carbonyl (C=O) groups excluding carboxylic acids is 1. The fraction of sp³-hybridized carbons (Fsp3) is 0.409. The van der Waals surface area contributed by atoms with Crippen LogP contribution in [-0.2, 0) is 16.6 Å². The molecular weight excluding hydrogens is 402 g/mol. The second kappa shape index (κ2) is 9.95. The van der Waals surface area contributed by atoms with Crippen molar-refractivity contribution in [1.29, 1.82) is 0 Å². The van der Waals surface area contributed by atoms with Crippen LogP contribution < -0.4 is 15.4 Å². The van der Waals surface area contributed by atoms with Crippen LogP contribution in [0.4, 0.5) is 4.79 Å². The molecule has 2 N–H and O–H groups in total. The Kier molecular flexibility index (Phi) is 7.33.